The normalized spacial score (nSPS) is 14.2. The Balaban J connectivity index is 0.000000146. The number of rotatable bonds is 2. The summed E-state index contributed by atoms with van der Waals surface area (Å²) in [5.74, 6) is 0.940. The van der Waals surface area contributed by atoms with Gasteiger partial charge in [0.1, 0.15) is 5.75 Å². The van der Waals surface area contributed by atoms with Gasteiger partial charge in [-0.2, -0.15) is 0 Å². The van der Waals surface area contributed by atoms with Gasteiger partial charge in [0.15, 0.2) is 0 Å². The Morgan fingerprint density at radius 3 is 1.80 bits per heavy atom. The molecule has 0 unspecified atom stereocenters. The number of fused-ring (bicyclic) bond motifs is 3. The second kappa shape index (κ2) is 8.23. The Bertz CT molecular complexity index is 1110. The molecular weight excluding hydrogens is 366 g/mol. The van der Waals surface area contributed by atoms with Crippen molar-refractivity contribution in [3.63, 3.8) is 0 Å². The first-order valence-electron chi connectivity index (χ1n) is 10.6. The number of hydrogen-bond acceptors (Lipinski definition) is 2. The Labute approximate surface area is 179 Å². The first-order valence-corrected chi connectivity index (χ1v) is 10.6. The van der Waals surface area contributed by atoms with E-state index in [-0.39, 0.29) is 5.54 Å². The number of nitrogens with one attached hydrogen (secondary N) is 1. The zero-order valence-electron chi connectivity index (χ0n) is 18.2. The van der Waals surface area contributed by atoms with Gasteiger partial charge in [-0.1, -0.05) is 54.6 Å². The highest BCUT2D eigenvalue weighted by atomic mass is 16.5. The van der Waals surface area contributed by atoms with Crippen LogP contribution in [-0.4, -0.2) is 12.1 Å². The van der Waals surface area contributed by atoms with Gasteiger partial charge in [-0.3, -0.25) is 0 Å². The van der Waals surface area contributed by atoms with E-state index in [9.17, 15) is 0 Å². The summed E-state index contributed by atoms with van der Waals surface area (Å²) in [5.41, 5.74) is 3.77. The Morgan fingerprint density at radius 2 is 1.30 bits per heavy atom. The van der Waals surface area contributed by atoms with E-state index in [1.807, 2.05) is 13.0 Å². The van der Waals surface area contributed by atoms with Gasteiger partial charge >= 0.3 is 0 Å². The molecule has 30 heavy (non-hydrogen) atoms. The maximum absolute atomic E-state index is 5.52. The zero-order chi connectivity index (χ0) is 21.1. The van der Waals surface area contributed by atoms with Crippen LogP contribution in [0.3, 0.4) is 0 Å². The fourth-order valence-corrected chi connectivity index (χ4v) is 4.10. The van der Waals surface area contributed by atoms with E-state index in [1.54, 1.807) is 0 Å². The molecule has 0 saturated carbocycles. The lowest BCUT2D eigenvalue weighted by Gasteiger charge is -2.31. The molecule has 2 nitrogen and oxygen atoms in total. The van der Waals surface area contributed by atoms with Crippen molar-refractivity contribution < 1.29 is 4.74 Å². The van der Waals surface area contributed by atoms with Crippen molar-refractivity contribution in [1.29, 1.82) is 0 Å². The van der Waals surface area contributed by atoms with Crippen LogP contribution in [0.25, 0.3) is 27.1 Å². The van der Waals surface area contributed by atoms with Gasteiger partial charge in [0.2, 0.25) is 0 Å². The molecule has 0 atom stereocenters. The van der Waals surface area contributed by atoms with Crippen LogP contribution in [-0.2, 0) is 0 Å². The first kappa shape index (κ1) is 20.0. The Kier molecular flexibility index (Phi) is 5.50. The van der Waals surface area contributed by atoms with Gasteiger partial charge in [0.25, 0.3) is 0 Å². The van der Waals surface area contributed by atoms with E-state index >= 15 is 0 Å². The monoisotopic (exact) mass is 395 g/mol. The van der Waals surface area contributed by atoms with Gasteiger partial charge in [-0.05, 0) is 85.1 Å². The van der Waals surface area contributed by atoms with Gasteiger partial charge in [-0.25, -0.2) is 0 Å². The molecule has 0 aliphatic carbocycles. The predicted octanol–water partition coefficient (Wildman–Crippen LogP) is 7.69. The molecule has 1 aliphatic rings. The fourth-order valence-electron chi connectivity index (χ4n) is 4.10. The predicted molar refractivity (Wildman–Crippen MR) is 130 cm³/mol. The van der Waals surface area contributed by atoms with E-state index in [1.165, 1.54) is 38.4 Å². The molecule has 4 aromatic carbocycles. The van der Waals surface area contributed by atoms with E-state index in [4.69, 9.17) is 4.74 Å². The van der Waals surface area contributed by atoms with Gasteiger partial charge in [-0.15, -0.1) is 0 Å². The lowest BCUT2D eigenvalue weighted by Crippen LogP contribution is -2.31. The van der Waals surface area contributed by atoms with Crippen LogP contribution in [0.4, 0.5) is 5.69 Å². The summed E-state index contributed by atoms with van der Waals surface area (Å²) in [6.07, 6.45) is 2.26. The Hall–Kier alpha value is -3.26. The highest BCUT2D eigenvalue weighted by Crippen LogP contribution is 2.35. The van der Waals surface area contributed by atoms with E-state index in [0.29, 0.717) is 6.61 Å². The van der Waals surface area contributed by atoms with Crippen molar-refractivity contribution in [2.75, 3.05) is 11.9 Å². The molecule has 0 fully saturated rings. The summed E-state index contributed by atoms with van der Waals surface area (Å²) < 4.78 is 5.52. The molecule has 0 amide bonds. The van der Waals surface area contributed by atoms with Crippen LogP contribution in [0.15, 0.2) is 84.9 Å². The number of allylic oxidation sites excluding steroid dienone is 1. The van der Waals surface area contributed by atoms with Crippen molar-refractivity contribution in [3.05, 3.63) is 90.5 Å². The Morgan fingerprint density at radius 1 is 0.767 bits per heavy atom. The van der Waals surface area contributed by atoms with E-state index in [0.717, 1.165) is 5.75 Å². The van der Waals surface area contributed by atoms with Crippen molar-refractivity contribution in [2.24, 2.45) is 0 Å². The fraction of sp³-hybridized carbons (Fsp3) is 0.214. The smallest absolute Gasteiger partial charge is 0.120 e. The minimum atomic E-state index is 0.0320. The third kappa shape index (κ3) is 4.33. The van der Waals surface area contributed by atoms with E-state index in [2.05, 4.69) is 105 Å². The number of ether oxygens (including phenoxy) is 1. The quantitative estimate of drug-likeness (QED) is 0.351. The maximum atomic E-state index is 5.52. The number of anilines is 1. The molecule has 0 aromatic heterocycles. The van der Waals surface area contributed by atoms with Crippen molar-refractivity contribution >= 4 is 32.8 Å². The highest BCUT2D eigenvalue weighted by Gasteiger charge is 2.22. The topological polar surface area (TPSA) is 21.3 Å². The van der Waals surface area contributed by atoms with Crippen molar-refractivity contribution in [1.82, 2.24) is 0 Å². The maximum Gasteiger partial charge on any atom is 0.120 e. The third-order valence-electron chi connectivity index (χ3n) is 5.38. The summed E-state index contributed by atoms with van der Waals surface area (Å²) in [6.45, 7) is 9.22. The van der Waals surface area contributed by atoms with Crippen LogP contribution < -0.4 is 10.1 Å². The van der Waals surface area contributed by atoms with Crippen LogP contribution in [0.5, 0.6) is 5.75 Å². The molecule has 0 spiro atoms. The molecule has 1 aliphatic heterocycles. The molecule has 1 heterocycles. The molecule has 4 aromatic rings. The number of benzene rings is 4. The average Bonchev–Trinajstić information content (AvgIpc) is 2.73. The van der Waals surface area contributed by atoms with Crippen LogP contribution in [0, 0.1) is 0 Å². The summed E-state index contributed by atoms with van der Waals surface area (Å²) in [5, 5.41) is 8.75. The van der Waals surface area contributed by atoms with E-state index < -0.39 is 0 Å². The molecule has 1 N–H and O–H groups in total. The second-order valence-corrected chi connectivity index (χ2v) is 8.36. The molecule has 0 radical (unpaired) electrons. The summed E-state index contributed by atoms with van der Waals surface area (Å²) in [6, 6.07) is 27.6. The molecule has 0 bridgehead atoms. The average molecular weight is 396 g/mol. The second-order valence-electron chi connectivity index (χ2n) is 8.36. The van der Waals surface area contributed by atoms with Crippen molar-refractivity contribution in [3.8, 4) is 5.75 Å². The lowest BCUT2D eigenvalue weighted by molar-refractivity contribution is 0.340. The summed E-state index contributed by atoms with van der Waals surface area (Å²) in [4.78, 5) is 0. The SMILES string of the molecule is CCOc1ccc2c(c1)C(C)=CC(C)(C)N2.c1ccc2cc3ccccc3cc2c1. The minimum absolute atomic E-state index is 0.0320. The molecule has 152 valence electrons. The van der Waals surface area contributed by atoms with Crippen LogP contribution in [0.1, 0.15) is 33.3 Å². The molecule has 5 rings (SSSR count). The lowest BCUT2D eigenvalue weighted by atomic mass is 9.91. The van der Waals surface area contributed by atoms with Crippen LogP contribution in [0.2, 0.25) is 0 Å². The zero-order valence-corrected chi connectivity index (χ0v) is 18.2. The van der Waals surface area contributed by atoms with Crippen LogP contribution >= 0.6 is 0 Å². The molecular formula is C28H29NO. The van der Waals surface area contributed by atoms with Gasteiger partial charge in [0.05, 0.1) is 12.1 Å². The van der Waals surface area contributed by atoms with Crippen molar-refractivity contribution in [2.45, 2.75) is 33.2 Å². The third-order valence-corrected chi connectivity index (χ3v) is 5.38. The molecule has 0 saturated heterocycles. The molecule has 2 heteroatoms. The first-order chi connectivity index (χ1) is 14.4. The number of hydrogen-bond donors (Lipinski definition) is 1. The summed E-state index contributed by atoms with van der Waals surface area (Å²) in [7, 11) is 0. The standard InChI is InChI=1S/C14H19NO.C14H10/c1-5-16-11-6-7-13-12(8-11)10(2)9-14(3,4)15-13;1-2-6-12-10-14-8-4-3-7-13(14)9-11(12)5-1/h6-9,15H,5H2,1-4H3;1-10H. The van der Waals surface area contributed by atoms with Gasteiger partial charge in [0, 0.05) is 11.3 Å². The largest absolute Gasteiger partial charge is 0.494 e. The van der Waals surface area contributed by atoms with Gasteiger partial charge < -0.3 is 10.1 Å². The highest BCUT2D eigenvalue weighted by molar-refractivity contribution is 5.98. The summed E-state index contributed by atoms with van der Waals surface area (Å²) >= 11 is 0. The minimum Gasteiger partial charge on any atom is -0.494 e.